The third kappa shape index (κ3) is 2.72. The normalized spacial score (nSPS) is 12.5. The monoisotopic (exact) mass is 387 g/mol. The van der Waals surface area contributed by atoms with Crippen LogP contribution in [-0.4, -0.2) is 7.05 Å². The van der Waals surface area contributed by atoms with Crippen molar-refractivity contribution < 1.29 is 8.78 Å². The van der Waals surface area contributed by atoms with E-state index in [1.807, 2.05) is 25.1 Å². The summed E-state index contributed by atoms with van der Waals surface area (Å²) in [6.07, 6.45) is 0. The van der Waals surface area contributed by atoms with E-state index in [2.05, 4.69) is 27.9 Å². The highest BCUT2D eigenvalue weighted by Gasteiger charge is 2.21. The fraction of sp³-hybridized carbons (Fsp3) is 0.250. The maximum Gasteiger partial charge on any atom is 0.164 e. The van der Waals surface area contributed by atoms with Gasteiger partial charge in [0.15, 0.2) is 11.6 Å². The van der Waals surface area contributed by atoms with E-state index < -0.39 is 11.6 Å². The van der Waals surface area contributed by atoms with Gasteiger partial charge in [-0.25, -0.2) is 8.78 Å². The molecule has 2 rings (SSSR count). The fourth-order valence-electron chi connectivity index (χ4n) is 2.26. The Hall–Kier alpha value is -1.01. The van der Waals surface area contributed by atoms with E-state index in [-0.39, 0.29) is 6.04 Å². The summed E-state index contributed by atoms with van der Waals surface area (Å²) in [6, 6.07) is 8.77. The second-order valence-electron chi connectivity index (χ2n) is 4.80. The molecular weight excluding hydrogens is 371 g/mol. The second kappa shape index (κ2) is 6.18. The van der Waals surface area contributed by atoms with E-state index >= 15 is 0 Å². The van der Waals surface area contributed by atoms with Gasteiger partial charge in [-0.3, -0.25) is 0 Å². The van der Waals surface area contributed by atoms with Crippen molar-refractivity contribution >= 4 is 22.6 Å². The van der Waals surface area contributed by atoms with Gasteiger partial charge in [-0.2, -0.15) is 0 Å². The van der Waals surface area contributed by atoms with Gasteiger partial charge in [-0.1, -0.05) is 30.3 Å². The van der Waals surface area contributed by atoms with E-state index in [0.717, 1.165) is 14.7 Å². The van der Waals surface area contributed by atoms with Crippen LogP contribution in [0.2, 0.25) is 0 Å². The molecule has 0 bridgehead atoms. The van der Waals surface area contributed by atoms with Crippen LogP contribution < -0.4 is 5.32 Å². The van der Waals surface area contributed by atoms with Gasteiger partial charge >= 0.3 is 0 Å². The maximum atomic E-state index is 14.2. The molecular formula is C16H16F2IN. The van der Waals surface area contributed by atoms with E-state index in [1.54, 1.807) is 26.1 Å². The third-order valence-electron chi connectivity index (χ3n) is 3.44. The van der Waals surface area contributed by atoms with Crippen LogP contribution in [0.5, 0.6) is 0 Å². The van der Waals surface area contributed by atoms with Gasteiger partial charge in [0.25, 0.3) is 0 Å². The predicted octanol–water partition coefficient (Wildman–Crippen LogP) is 4.50. The highest BCUT2D eigenvalue weighted by Crippen LogP contribution is 2.30. The van der Waals surface area contributed by atoms with Crippen molar-refractivity contribution in [3.05, 3.63) is 67.8 Å². The summed E-state index contributed by atoms with van der Waals surface area (Å²) in [4.78, 5) is 0. The molecule has 0 amide bonds. The van der Waals surface area contributed by atoms with Crippen molar-refractivity contribution in [1.29, 1.82) is 0 Å². The second-order valence-corrected chi connectivity index (χ2v) is 5.88. The lowest BCUT2D eigenvalue weighted by Crippen LogP contribution is -2.21. The topological polar surface area (TPSA) is 12.0 Å². The van der Waals surface area contributed by atoms with Crippen LogP contribution in [0.25, 0.3) is 0 Å². The van der Waals surface area contributed by atoms with Crippen molar-refractivity contribution in [2.24, 2.45) is 0 Å². The number of nitrogens with one attached hydrogen (secondary N) is 1. The lowest BCUT2D eigenvalue weighted by atomic mass is 9.96. The molecule has 1 atom stereocenters. The van der Waals surface area contributed by atoms with Gasteiger partial charge in [0.05, 0.1) is 6.04 Å². The highest BCUT2D eigenvalue weighted by atomic mass is 127. The van der Waals surface area contributed by atoms with Crippen LogP contribution >= 0.6 is 22.6 Å². The fourth-order valence-corrected chi connectivity index (χ4v) is 2.93. The maximum absolute atomic E-state index is 14.2. The van der Waals surface area contributed by atoms with Crippen molar-refractivity contribution in [2.45, 2.75) is 19.9 Å². The van der Waals surface area contributed by atoms with E-state index in [0.29, 0.717) is 11.1 Å². The van der Waals surface area contributed by atoms with E-state index in [9.17, 15) is 8.78 Å². The molecule has 4 heteroatoms. The highest BCUT2D eigenvalue weighted by molar-refractivity contribution is 14.1. The van der Waals surface area contributed by atoms with Gasteiger partial charge in [-0.15, -0.1) is 0 Å². The Labute approximate surface area is 131 Å². The zero-order valence-corrected chi connectivity index (χ0v) is 13.8. The summed E-state index contributed by atoms with van der Waals surface area (Å²) >= 11 is 2.24. The van der Waals surface area contributed by atoms with Crippen molar-refractivity contribution in [3.63, 3.8) is 0 Å². The van der Waals surface area contributed by atoms with Crippen LogP contribution in [-0.2, 0) is 0 Å². The molecule has 1 nitrogen and oxygen atoms in total. The molecule has 0 fully saturated rings. The molecule has 0 saturated heterocycles. The summed E-state index contributed by atoms with van der Waals surface area (Å²) in [5, 5.41) is 3.08. The summed E-state index contributed by atoms with van der Waals surface area (Å²) in [6.45, 7) is 3.57. The summed E-state index contributed by atoms with van der Waals surface area (Å²) in [5.74, 6) is -1.55. The molecule has 20 heavy (non-hydrogen) atoms. The molecule has 2 aromatic carbocycles. The minimum atomic E-state index is -0.776. The number of halogens is 3. The minimum absolute atomic E-state index is 0.319. The molecule has 0 aliphatic carbocycles. The average Bonchev–Trinajstić information content (AvgIpc) is 2.44. The molecule has 0 aliphatic heterocycles. The first-order valence-corrected chi connectivity index (χ1v) is 7.42. The first-order chi connectivity index (χ1) is 9.47. The summed E-state index contributed by atoms with van der Waals surface area (Å²) in [7, 11) is 1.75. The van der Waals surface area contributed by atoms with E-state index in [1.165, 1.54) is 0 Å². The lowest BCUT2D eigenvalue weighted by molar-refractivity contribution is 0.482. The van der Waals surface area contributed by atoms with Gasteiger partial charge < -0.3 is 5.32 Å². The number of benzene rings is 2. The van der Waals surface area contributed by atoms with Crippen molar-refractivity contribution in [1.82, 2.24) is 5.32 Å². The van der Waals surface area contributed by atoms with Gasteiger partial charge in [0, 0.05) is 9.13 Å². The average molecular weight is 387 g/mol. The van der Waals surface area contributed by atoms with Crippen LogP contribution in [0, 0.1) is 29.1 Å². The Morgan fingerprint density at radius 3 is 2.30 bits per heavy atom. The molecule has 1 N–H and O–H groups in total. The Morgan fingerprint density at radius 1 is 0.950 bits per heavy atom. The number of rotatable bonds is 3. The summed E-state index contributed by atoms with van der Waals surface area (Å²) in [5.41, 5.74) is 2.73. The number of aryl methyl sites for hydroxylation is 2. The Kier molecular flexibility index (Phi) is 4.75. The molecule has 0 radical (unpaired) electrons. The van der Waals surface area contributed by atoms with Crippen LogP contribution in [0.1, 0.15) is 28.3 Å². The number of hydrogen-bond acceptors (Lipinski definition) is 1. The zero-order chi connectivity index (χ0) is 14.9. The quantitative estimate of drug-likeness (QED) is 0.766. The smallest absolute Gasteiger partial charge is 0.164 e. The van der Waals surface area contributed by atoms with Crippen LogP contribution in [0.4, 0.5) is 8.78 Å². The van der Waals surface area contributed by atoms with Gasteiger partial charge in [0.2, 0.25) is 0 Å². The summed E-state index contributed by atoms with van der Waals surface area (Å²) < 4.78 is 29.0. The Bertz CT molecular complexity index is 641. The predicted molar refractivity (Wildman–Crippen MR) is 85.9 cm³/mol. The molecule has 106 valence electrons. The van der Waals surface area contributed by atoms with Crippen molar-refractivity contribution in [3.8, 4) is 0 Å². The molecule has 0 aromatic heterocycles. The zero-order valence-electron chi connectivity index (χ0n) is 11.6. The molecule has 0 spiro atoms. The van der Waals surface area contributed by atoms with Crippen molar-refractivity contribution in [2.75, 3.05) is 7.05 Å². The Balaban J connectivity index is 2.59. The molecule has 0 saturated carbocycles. The number of hydrogen-bond donors (Lipinski definition) is 1. The minimum Gasteiger partial charge on any atom is -0.309 e. The van der Waals surface area contributed by atoms with Gasteiger partial charge in [0.1, 0.15) is 0 Å². The largest absolute Gasteiger partial charge is 0.309 e. The SMILES string of the molecule is CNC(c1ccc(C)c(F)c1F)c1cccc(C)c1I. The molecule has 0 heterocycles. The molecule has 0 aliphatic rings. The third-order valence-corrected chi connectivity index (χ3v) is 4.91. The standard InChI is InChI=1S/C16H16F2IN/c1-9-7-8-11(14(18)13(9)17)16(20-3)12-6-4-5-10(2)15(12)19/h4-8,16,20H,1-3H3. The first-order valence-electron chi connectivity index (χ1n) is 6.34. The molecule has 2 aromatic rings. The van der Waals surface area contributed by atoms with E-state index in [4.69, 9.17) is 0 Å². The first kappa shape index (κ1) is 15.4. The van der Waals surface area contributed by atoms with Crippen LogP contribution in [0.15, 0.2) is 30.3 Å². The van der Waals surface area contributed by atoms with Crippen LogP contribution in [0.3, 0.4) is 0 Å². The van der Waals surface area contributed by atoms with Gasteiger partial charge in [-0.05, 0) is 60.2 Å². The lowest BCUT2D eigenvalue weighted by Gasteiger charge is -2.21. The molecule has 1 unspecified atom stereocenters. The Morgan fingerprint density at radius 2 is 1.65 bits per heavy atom.